The van der Waals surface area contributed by atoms with Gasteiger partial charge in [-0.1, -0.05) is 59.1 Å². The zero-order valence-electron chi connectivity index (χ0n) is 21.6. The van der Waals surface area contributed by atoms with Crippen LogP contribution in [0.3, 0.4) is 0 Å². The maximum Gasteiger partial charge on any atom is 0.264 e. The fourth-order valence-electron chi connectivity index (χ4n) is 4.62. The molecule has 10 heteroatoms. The molecular weight excluding hydrogens is 693 g/mol. The summed E-state index contributed by atoms with van der Waals surface area (Å²) in [6, 6.07) is 21.8. The molecule has 0 bridgehead atoms. The van der Waals surface area contributed by atoms with Gasteiger partial charge in [0.25, 0.3) is 10.0 Å². The van der Waals surface area contributed by atoms with Crippen molar-refractivity contribution in [2.75, 3.05) is 10.8 Å². The quantitative estimate of drug-likeness (QED) is 0.271. The largest absolute Gasteiger partial charge is 0.352 e. The van der Waals surface area contributed by atoms with Crippen LogP contribution in [0.1, 0.15) is 38.2 Å². The molecule has 0 saturated heterocycles. The molecule has 1 N–H and O–H groups in total. The summed E-state index contributed by atoms with van der Waals surface area (Å²) in [5.74, 6) is -0.705. The summed E-state index contributed by atoms with van der Waals surface area (Å²) in [4.78, 5) is 28.8. The summed E-state index contributed by atoms with van der Waals surface area (Å²) < 4.78 is 30.5. The normalized spacial score (nSPS) is 14.5. The molecule has 39 heavy (non-hydrogen) atoms. The number of carbonyl (C=O) groups excluding carboxylic acids is 2. The lowest BCUT2D eigenvalue weighted by Gasteiger charge is -2.32. The fourth-order valence-corrected chi connectivity index (χ4v) is 6.68. The molecule has 3 aromatic carbocycles. The molecule has 1 saturated carbocycles. The van der Waals surface area contributed by atoms with Crippen LogP contribution in [0.25, 0.3) is 0 Å². The Morgan fingerprint density at radius 3 is 2.21 bits per heavy atom. The molecule has 1 aliphatic carbocycles. The van der Waals surface area contributed by atoms with E-state index in [9.17, 15) is 18.0 Å². The number of carbonyl (C=O) groups is 2. The van der Waals surface area contributed by atoms with Gasteiger partial charge in [-0.2, -0.15) is 0 Å². The van der Waals surface area contributed by atoms with Crippen LogP contribution >= 0.6 is 38.5 Å². The van der Waals surface area contributed by atoms with Crippen molar-refractivity contribution in [2.45, 2.75) is 56.1 Å². The summed E-state index contributed by atoms with van der Waals surface area (Å²) in [5, 5.41) is 3.08. The van der Waals surface area contributed by atoms with Crippen LogP contribution in [0.5, 0.6) is 0 Å². The maximum atomic E-state index is 14.0. The topological polar surface area (TPSA) is 86.8 Å². The summed E-state index contributed by atoms with van der Waals surface area (Å²) in [5.41, 5.74) is 1.21. The van der Waals surface area contributed by atoms with Crippen LogP contribution in [-0.4, -0.2) is 43.8 Å². The van der Waals surface area contributed by atoms with E-state index in [-0.39, 0.29) is 23.4 Å². The SMILES string of the molecule is CC(C(=O)NC1CCCC1)N(Cc1ccc(Br)cc1)C(=O)CN(c1ccc(I)cc1)S(=O)(=O)c1ccccc1. The monoisotopic (exact) mass is 723 g/mol. The van der Waals surface area contributed by atoms with Crippen LogP contribution in [0.4, 0.5) is 5.69 Å². The van der Waals surface area contributed by atoms with Gasteiger partial charge in [0.15, 0.2) is 0 Å². The zero-order chi connectivity index (χ0) is 28.0. The first-order valence-corrected chi connectivity index (χ1v) is 16.1. The van der Waals surface area contributed by atoms with Gasteiger partial charge in [-0.3, -0.25) is 13.9 Å². The number of anilines is 1. The highest BCUT2D eigenvalue weighted by Crippen LogP contribution is 2.26. The number of amides is 2. The van der Waals surface area contributed by atoms with Crippen molar-refractivity contribution in [3.05, 3.63) is 92.5 Å². The van der Waals surface area contributed by atoms with Crippen molar-refractivity contribution in [1.29, 1.82) is 0 Å². The summed E-state index contributed by atoms with van der Waals surface area (Å²) in [7, 11) is -4.06. The molecule has 0 heterocycles. The molecule has 2 amide bonds. The van der Waals surface area contributed by atoms with Crippen LogP contribution in [-0.2, 0) is 26.2 Å². The minimum absolute atomic E-state index is 0.0860. The molecule has 3 aromatic rings. The Bertz CT molecular complexity index is 1380. The highest BCUT2D eigenvalue weighted by molar-refractivity contribution is 14.1. The number of nitrogens with one attached hydrogen (secondary N) is 1. The standard InChI is InChI=1S/C29H31BrIN3O4S/c1-21(29(36)32-25-7-5-6-8-25)33(19-22-11-13-23(30)14-12-22)28(35)20-34(26-17-15-24(31)16-18-26)39(37,38)27-9-3-2-4-10-27/h2-4,9-18,21,25H,5-8,19-20H2,1H3,(H,32,36). The molecule has 0 radical (unpaired) electrons. The average Bonchev–Trinajstić information content (AvgIpc) is 3.45. The van der Waals surface area contributed by atoms with Gasteiger partial charge in [-0.05, 0) is 96.5 Å². The van der Waals surface area contributed by atoms with Crippen molar-refractivity contribution >= 4 is 66.0 Å². The lowest BCUT2D eigenvalue weighted by atomic mass is 10.1. The van der Waals surface area contributed by atoms with Crippen LogP contribution < -0.4 is 9.62 Å². The fraction of sp³-hybridized carbons (Fsp3) is 0.310. The van der Waals surface area contributed by atoms with E-state index in [4.69, 9.17) is 0 Å². The minimum atomic E-state index is -4.06. The van der Waals surface area contributed by atoms with Gasteiger partial charge in [-0.25, -0.2) is 8.42 Å². The van der Waals surface area contributed by atoms with Gasteiger partial charge in [0.2, 0.25) is 11.8 Å². The molecule has 1 unspecified atom stereocenters. The Hall–Kier alpha value is -2.44. The van der Waals surface area contributed by atoms with Crippen LogP contribution in [0.2, 0.25) is 0 Å². The Morgan fingerprint density at radius 2 is 1.59 bits per heavy atom. The number of sulfonamides is 1. The second-order valence-electron chi connectivity index (χ2n) is 9.62. The van der Waals surface area contributed by atoms with Crippen molar-refractivity contribution < 1.29 is 18.0 Å². The summed E-state index contributed by atoms with van der Waals surface area (Å²) in [6.45, 7) is 1.41. The summed E-state index contributed by atoms with van der Waals surface area (Å²) >= 11 is 5.58. The third-order valence-electron chi connectivity index (χ3n) is 6.86. The first-order chi connectivity index (χ1) is 18.6. The van der Waals surface area contributed by atoms with Crippen molar-refractivity contribution in [2.24, 2.45) is 0 Å². The Morgan fingerprint density at radius 1 is 0.974 bits per heavy atom. The van der Waals surface area contributed by atoms with E-state index in [0.29, 0.717) is 5.69 Å². The predicted octanol–water partition coefficient (Wildman–Crippen LogP) is 5.73. The molecule has 4 rings (SSSR count). The van der Waals surface area contributed by atoms with Gasteiger partial charge in [0.05, 0.1) is 10.6 Å². The second kappa shape index (κ2) is 13.3. The molecule has 1 atom stereocenters. The third-order valence-corrected chi connectivity index (χ3v) is 9.90. The van der Waals surface area contributed by atoms with Gasteiger partial charge >= 0.3 is 0 Å². The number of nitrogens with zero attached hydrogens (tertiary/aromatic N) is 2. The highest BCUT2D eigenvalue weighted by atomic mass is 127. The maximum absolute atomic E-state index is 14.0. The van der Waals surface area contributed by atoms with Gasteiger partial charge in [0, 0.05) is 20.6 Å². The van der Waals surface area contributed by atoms with E-state index in [2.05, 4.69) is 43.8 Å². The number of benzene rings is 3. The van der Waals surface area contributed by atoms with E-state index >= 15 is 0 Å². The van der Waals surface area contributed by atoms with Crippen LogP contribution in [0.15, 0.2) is 88.2 Å². The summed E-state index contributed by atoms with van der Waals surface area (Å²) in [6.07, 6.45) is 4.00. The smallest absolute Gasteiger partial charge is 0.264 e. The second-order valence-corrected chi connectivity index (χ2v) is 13.6. The number of rotatable bonds is 10. The molecule has 0 spiro atoms. The van der Waals surface area contributed by atoms with Gasteiger partial charge < -0.3 is 10.2 Å². The van der Waals surface area contributed by atoms with E-state index in [0.717, 1.165) is 43.6 Å². The van der Waals surface area contributed by atoms with Gasteiger partial charge in [-0.15, -0.1) is 0 Å². The predicted molar refractivity (Wildman–Crippen MR) is 165 cm³/mol. The van der Waals surface area contributed by atoms with Gasteiger partial charge in [0.1, 0.15) is 12.6 Å². The number of hydrogen-bond acceptors (Lipinski definition) is 4. The lowest BCUT2D eigenvalue weighted by molar-refractivity contribution is -0.139. The zero-order valence-corrected chi connectivity index (χ0v) is 26.2. The first kappa shape index (κ1) is 29.5. The highest BCUT2D eigenvalue weighted by Gasteiger charge is 2.33. The van der Waals surface area contributed by atoms with Crippen molar-refractivity contribution in [1.82, 2.24) is 10.2 Å². The van der Waals surface area contributed by atoms with Crippen LogP contribution in [0, 0.1) is 3.57 Å². The first-order valence-electron chi connectivity index (χ1n) is 12.8. The number of hydrogen-bond donors (Lipinski definition) is 1. The lowest BCUT2D eigenvalue weighted by Crippen LogP contribution is -2.52. The molecular formula is C29H31BrIN3O4S. The molecule has 206 valence electrons. The minimum Gasteiger partial charge on any atom is -0.352 e. The van der Waals surface area contributed by atoms with Crippen molar-refractivity contribution in [3.63, 3.8) is 0 Å². The third kappa shape index (κ3) is 7.61. The molecule has 1 fully saturated rings. The van der Waals surface area contributed by atoms with E-state index in [1.165, 1.54) is 17.0 Å². The average molecular weight is 724 g/mol. The number of halogens is 2. The Kier molecular flexibility index (Phi) is 10.1. The van der Waals surface area contributed by atoms with Crippen molar-refractivity contribution in [3.8, 4) is 0 Å². The van der Waals surface area contributed by atoms with E-state index in [1.54, 1.807) is 49.4 Å². The van der Waals surface area contributed by atoms with E-state index in [1.807, 2.05) is 24.3 Å². The Balaban J connectivity index is 1.66. The molecule has 0 aliphatic heterocycles. The molecule has 1 aliphatic rings. The Labute approximate surface area is 252 Å². The molecule has 7 nitrogen and oxygen atoms in total. The molecule has 0 aromatic heterocycles. The van der Waals surface area contributed by atoms with E-state index < -0.39 is 28.5 Å².